The standard InChI is InChI=1S/C109H173N5O10/c1-9-17-23-29-35-41-47-53-59-65-78-117-100-84-90(85-101(118-79-66-60-54-48-42-36-30-24-18-10-2)104(100)121-82-69-63-57-51-45-39-33-27-21-13-5)108(115)123-92-74-76-98-96(88-92)111-106(113(98)15-7)94-72-71-73-95(110-94)107-112-97-89-93(75-77-99(97)114(107)16-8)124-109(116)91-86-102(119-80-67-61-55-49-43-37-31-25-19-11-3)105(122-83-70-64-58-52-46-40-34-28-22-14-6)103(87-91)120-81-68-62-56-50-44-38-32-26-20-12-4/h71-77,84-89H,9-70,78-83H2,1-8H3. The molecule has 0 saturated carbocycles. The zero-order valence-corrected chi connectivity index (χ0v) is 79.9. The largest absolute Gasteiger partial charge is 0.490 e. The van der Waals surface area contributed by atoms with Crippen molar-refractivity contribution in [2.75, 3.05) is 39.6 Å². The van der Waals surface area contributed by atoms with E-state index in [4.69, 9.17) is 52.8 Å². The average molecular weight is 1710 g/mol. The first-order chi connectivity index (χ1) is 61.2. The number of carbonyl (C=O) groups is 2. The van der Waals surface area contributed by atoms with Gasteiger partial charge < -0.3 is 47.0 Å². The number of benzene rings is 4. The van der Waals surface area contributed by atoms with Crippen LogP contribution in [0.15, 0.2) is 78.9 Å². The molecule has 0 unspecified atom stereocenters. The maximum absolute atomic E-state index is 14.7. The van der Waals surface area contributed by atoms with Gasteiger partial charge >= 0.3 is 11.9 Å². The van der Waals surface area contributed by atoms with Crippen LogP contribution >= 0.6 is 0 Å². The van der Waals surface area contributed by atoms with Crippen molar-refractivity contribution < 1.29 is 47.5 Å². The molecule has 7 rings (SSSR count). The third-order valence-electron chi connectivity index (χ3n) is 24.7. The van der Waals surface area contributed by atoms with Gasteiger partial charge in [0, 0.05) is 25.2 Å². The minimum Gasteiger partial charge on any atom is -0.490 e. The van der Waals surface area contributed by atoms with Gasteiger partial charge in [-0.15, -0.1) is 0 Å². The summed E-state index contributed by atoms with van der Waals surface area (Å²) in [6.45, 7) is 22.2. The molecule has 3 aromatic heterocycles. The van der Waals surface area contributed by atoms with Gasteiger partial charge in [0.1, 0.15) is 22.9 Å². The van der Waals surface area contributed by atoms with Crippen molar-refractivity contribution in [3.63, 3.8) is 0 Å². The Morgan fingerprint density at radius 2 is 0.468 bits per heavy atom. The van der Waals surface area contributed by atoms with E-state index in [1.165, 1.54) is 308 Å². The van der Waals surface area contributed by atoms with E-state index in [1.807, 2.05) is 54.6 Å². The molecule has 15 heteroatoms. The van der Waals surface area contributed by atoms with Gasteiger partial charge in [0.15, 0.2) is 34.6 Å². The molecule has 0 fully saturated rings. The van der Waals surface area contributed by atoms with Crippen molar-refractivity contribution in [3.05, 3.63) is 90.0 Å². The number of ether oxygens (including phenoxy) is 8. The molecule has 0 N–H and O–H groups in total. The van der Waals surface area contributed by atoms with Gasteiger partial charge in [0.2, 0.25) is 11.5 Å². The minimum absolute atomic E-state index is 0.336. The molecule has 4 aromatic carbocycles. The highest BCUT2D eigenvalue weighted by molar-refractivity contribution is 5.94. The van der Waals surface area contributed by atoms with Crippen molar-refractivity contribution >= 4 is 34.0 Å². The summed E-state index contributed by atoms with van der Waals surface area (Å²) >= 11 is 0. The Hall–Kier alpha value is -7.29. The van der Waals surface area contributed by atoms with E-state index >= 15 is 0 Å². The quantitative estimate of drug-likeness (QED) is 0.0202. The molecular weight excluding hydrogens is 1540 g/mol. The molecular formula is C109H173N5O10. The van der Waals surface area contributed by atoms with Crippen molar-refractivity contribution in [1.29, 1.82) is 0 Å². The lowest BCUT2D eigenvalue weighted by atomic mass is 10.1. The van der Waals surface area contributed by atoms with Crippen LogP contribution in [0.25, 0.3) is 45.1 Å². The van der Waals surface area contributed by atoms with Crippen molar-refractivity contribution in [1.82, 2.24) is 24.1 Å². The Labute approximate surface area is 753 Å². The second kappa shape index (κ2) is 67.0. The van der Waals surface area contributed by atoms with Crippen LogP contribution in [0.5, 0.6) is 46.0 Å². The van der Waals surface area contributed by atoms with Gasteiger partial charge in [-0.05, 0) is 113 Å². The highest BCUT2D eigenvalue weighted by Crippen LogP contribution is 2.43. The number of pyridine rings is 1. The number of esters is 2. The normalized spacial score (nSPS) is 11.5. The lowest BCUT2D eigenvalue weighted by Crippen LogP contribution is -2.12. The Morgan fingerprint density at radius 1 is 0.250 bits per heavy atom. The van der Waals surface area contributed by atoms with Gasteiger partial charge in [0.25, 0.3) is 0 Å². The van der Waals surface area contributed by atoms with Crippen LogP contribution in [-0.2, 0) is 13.1 Å². The summed E-state index contributed by atoms with van der Waals surface area (Å²) in [5.74, 6) is 4.28. The Balaban J connectivity index is 1.10. The molecule has 0 radical (unpaired) electrons. The zero-order valence-electron chi connectivity index (χ0n) is 79.9. The fourth-order valence-corrected chi connectivity index (χ4v) is 17.1. The lowest BCUT2D eigenvalue weighted by Gasteiger charge is -2.19. The van der Waals surface area contributed by atoms with E-state index in [0.29, 0.717) is 144 Å². The van der Waals surface area contributed by atoms with Crippen LogP contribution in [-0.4, -0.2) is 75.7 Å². The number of fused-ring (bicyclic) bond motifs is 2. The number of aromatic nitrogens is 5. The number of imidazole rings is 2. The van der Waals surface area contributed by atoms with E-state index in [9.17, 15) is 9.59 Å². The smallest absolute Gasteiger partial charge is 0.343 e. The molecule has 0 aliphatic carbocycles. The maximum Gasteiger partial charge on any atom is 0.343 e. The Morgan fingerprint density at radius 3 is 0.694 bits per heavy atom. The Kier molecular flexibility index (Phi) is 56.1. The highest BCUT2D eigenvalue weighted by Gasteiger charge is 2.26. The van der Waals surface area contributed by atoms with Crippen molar-refractivity contribution in [2.45, 2.75) is 454 Å². The van der Waals surface area contributed by atoms with Gasteiger partial charge in [-0.1, -0.05) is 394 Å². The fourth-order valence-electron chi connectivity index (χ4n) is 17.1. The highest BCUT2D eigenvalue weighted by atomic mass is 16.6. The van der Waals surface area contributed by atoms with Crippen LogP contribution in [0.2, 0.25) is 0 Å². The second-order valence-electron chi connectivity index (χ2n) is 35.6. The second-order valence-corrected chi connectivity index (χ2v) is 35.6. The fraction of sp³-hybridized carbons (Fsp3) is 0.697. The molecule has 0 amide bonds. The number of nitrogens with zero attached hydrogens (tertiary/aromatic N) is 5. The van der Waals surface area contributed by atoms with Gasteiger partial charge in [-0.2, -0.15) is 0 Å². The number of hydrogen-bond donors (Lipinski definition) is 0. The van der Waals surface area contributed by atoms with Gasteiger partial charge in [-0.3, -0.25) is 0 Å². The SMILES string of the molecule is CCCCCCCCCCCCOc1cc(C(=O)Oc2ccc3c(c2)nc(-c2cccc(-c4nc5cc(OC(=O)c6cc(OCCCCCCCCCCCC)c(OCCCCCCCCCCCC)c(OCCCCCCCCCCCC)c6)ccc5n4CC)n2)n3CC)cc(OCCCCCCCCCCCC)c1OCCCCCCCCCCCC. The van der Waals surface area contributed by atoms with E-state index in [2.05, 4.69) is 64.5 Å². The average Bonchev–Trinajstić information content (AvgIpc) is 1.63. The lowest BCUT2D eigenvalue weighted by molar-refractivity contribution is 0.0724. The predicted octanol–water partition coefficient (Wildman–Crippen LogP) is 33.4. The summed E-state index contributed by atoms with van der Waals surface area (Å²) in [4.78, 5) is 45.2. The first-order valence-electron chi connectivity index (χ1n) is 51.7. The molecule has 0 saturated heterocycles. The maximum atomic E-state index is 14.7. The van der Waals surface area contributed by atoms with E-state index < -0.39 is 11.9 Å². The molecule has 0 bridgehead atoms. The van der Waals surface area contributed by atoms with Crippen molar-refractivity contribution in [3.8, 4) is 69.0 Å². The van der Waals surface area contributed by atoms with E-state index in [1.54, 1.807) is 24.3 Å². The third kappa shape index (κ3) is 40.8. The van der Waals surface area contributed by atoms with Crippen LogP contribution in [0.3, 0.4) is 0 Å². The summed E-state index contributed by atoms with van der Waals surface area (Å²) in [7, 11) is 0. The number of carbonyl (C=O) groups excluding carboxylic acids is 2. The first-order valence-corrected chi connectivity index (χ1v) is 51.7. The summed E-state index contributed by atoms with van der Waals surface area (Å²) in [5, 5.41) is 0. The van der Waals surface area contributed by atoms with Gasteiger partial charge in [0.05, 0.1) is 72.8 Å². The van der Waals surface area contributed by atoms with Gasteiger partial charge in [-0.25, -0.2) is 24.5 Å². The summed E-state index contributed by atoms with van der Waals surface area (Å²) in [5.41, 5.74) is 5.10. The molecule has 3 heterocycles. The molecule has 124 heavy (non-hydrogen) atoms. The van der Waals surface area contributed by atoms with Crippen LogP contribution in [0.4, 0.5) is 0 Å². The summed E-state index contributed by atoms with van der Waals surface area (Å²) in [6.07, 6.45) is 73.9. The molecule has 0 spiro atoms. The summed E-state index contributed by atoms with van der Waals surface area (Å²) < 4.78 is 57.2. The van der Waals surface area contributed by atoms with E-state index in [0.717, 1.165) is 88.1 Å². The molecule has 7 aromatic rings. The van der Waals surface area contributed by atoms with E-state index in [-0.39, 0.29) is 0 Å². The predicted molar refractivity (Wildman–Crippen MR) is 520 cm³/mol. The van der Waals surface area contributed by atoms with Crippen LogP contribution in [0.1, 0.15) is 461 Å². The molecule has 0 atom stereocenters. The van der Waals surface area contributed by atoms with Crippen LogP contribution in [0, 0.1) is 0 Å². The monoisotopic (exact) mass is 1710 g/mol. The van der Waals surface area contributed by atoms with Crippen LogP contribution < -0.4 is 37.9 Å². The number of aryl methyl sites for hydroxylation is 2. The molecule has 0 aliphatic heterocycles. The minimum atomic E-state index is -0.519. The first kappa shape index (κ1) is 104. The number of rotatable bonds is 80. The van der Waals surface area contributed by atoms with Crippen molar-refractivity contribution in [2.24, 2.45) is 0 Å². The summed E-state index contributed by atoms with van der Waals surface area (Å²) in [6, 6.07) is 24.5. The zero-order chi connectivity index (χ0) is 87.8. The molecule has 0 aliphatic rings. The topological polar surface area (TPSA) is 157 Å². The number of unbranched alkanes of at least 4 members (excludes halogenated alkanes) is 54. The molecule has 694 valence electrons. The Bertz CT molecular complexity index is 3580. The number of hydrogen-bond acceptors (Lipinski definition) is 13. The molecule has 15 nitrogen and oxygen atoms in total. The third-order valence-corrected chi connectivity index (χ3v) is 24.7.